The summed E-state index contributed by atoms with van der Waals surface area (Å²) in [5, 5.41) is 11.0. The molecular formula is C14H19ClOSi. The summed E-state index contributed by atoms with van der Waals surface area (Å²) in [4.78, 5) is 0. The smallest absolute Gasteiger partial charge is 0.129 e. The van der Waals surface area contributed by atoms with Gasteiger partial charge >= 0.3 is 0 Å². The Morgan fingerprint density at radius 3 is 2.24 bits per heavy atom. The largest absolute Gasteiger partial charge is 0.384 e. The second kappa shape index (κ2) is 5.26. The number of aliphatic hydroxyl groups is 1. The van der Waals surface area contributed by atoms with Gasteiger partial charge in [0.25, 0.3) is 0 Å². The molecule has 0 radical (unpaired) electrons. The van der Waals surface area contributed by atoms with Gasteiger partial charge < -0.3 is 5.11 Å². The third kappa shape index (κ3) is 4.95. The number of hydrogen-bond acceptors (Lipinski definition) is 1. The molecule has 0 heterocycles. The van der Waals surface area contributed by atoms with E-state index in [9.17, 15) is 5.11 Å². The lowest BCUT2D eigenvalue weighted by molar-refractivity contribution is 0.0629. The molecule has 0 bridgehead atoms. The first-order chi connectivity index (χ1) is 7.71. The minimum Gasteiger partial charge on any atom is -0.384 e. The number of benzene rings is 1. The number of halogens is 1. The highest BCUT2D eigenvalue weighted by molar-refractivity contribution is 6.83. The van der Waals surface area contributed by atoms with Crippen LogP contribution < -0.4 is 0 Å². The lowest BCUT2D eigenvalue weighted by Crippen LogP contribution is -2.21. The van der Waals surface area contributed by atoms with E-state index < -0.39 is 13.7 Å². The van der Waals surface area contributed by atoms with Crippen LogP contribution in [-0.2, 0) is 5.60 Å². The Morgan fingerprint density at radius 2 is 1.76 bits per heavy atom. The predicted octanol–water partition coefficient (Wildman–Crippen LogP) is 3.82. The van der Waals surface area contributed by atoms with Crippen LogP contribution in [0.15, 0.2) is 24.3 Å². The van der Waals surface area contributed by atoms with E-state index in [1.165, 1.54) is 0 Å². The highest BCUT2D eigenvalue weighted by atomic mass is 35.5. The normalized spacial score (nSPS) is 14.7. The molecular weight excluding hydrogens is 248 g/mol. The van der Waals surface area contributed by atoms with Gasteiger partial charge in [-0.05, 0) is 24.6 Å². The Bertz CT molecular complexity index is 432. The van der Waals surface area contributed by atoms with Crippen molar-refractivity contribution in [3.63, 3.8) is 0 Å². The van der Waals surface area contributed by atoms with E-state index >= 15 is 0 Å². The van der Waals surface area contributed by atoms with Crippen molar-refractivity contribution in [3.05, 3.63) is 34.9 Å². The Balaban J connectivity index is 2.81. The maximum Gasteiger partial charge on any atom is 0.129 e. The summed E-state index contributed by atoms with van der Waals surface area (Å²) in [6.07, 6.45) is 0.457. The molecule has 0 aliphatic carbocycles. The standard InChI is InChI=1S/C14H19ClOSi/c1-14(16,10-5-11-17(2,3)4)12-6-8-13(15)9-7-12/h6-9,16H,10H2,1-4H3/t14-/m0/s1. The highest BCUT2D eigenvalue weighted by Crippen LogP contribution is 2.25. The summed E-state index contributed by atoms with van der Waals surface area (Å²) < 4.78 is 0. The topological polar surface area (TPSA) is 20.2 Å². The van der Waals surface area contributed by atoms with Crippen molar-refractivity contribution in [2.24, 2.45) is 0 Å². The summed E-state index contributed by atoms with van der Waals surface area (Å²) in [5.74, 6) is 3.11. The lowest BCUT2D eigenvalue weighted by Gasteiger charge is -2.21. The lowest BCUT2D eigenvalue weighted by atomic mass is 9.93. The molecule has 1 aromatic rings. The molecule has 17 heavy (non-hydrogen) atoms. The molecule has 1 N–H and O–H groups in total. The van der Waals surface area contributed by atoms with Crippen LogP contribution in [0.5, 0.6) is 0 Å². The molecule has 1 aromatic carbocycles. The monoisotopic (exact) mass is 266 g/mol. The minimum absolute atomic E-state index is 0.457. The van der Waals surface area contributed by atoms with Crippen LogP contribution in [0.2, 0.25) is 24.7 Å². The molecule has 0 unspecified atom stereocenters. The van der Waals surface area contributed by atoms with Gasteiger partial charge in [0, 0.05) is 11.4 Å². The Labute approximate surface area is 110 Å². The molecule has 1 atom stereocenters. The summed E-state index contributed by atoms with van der Waals surface area (Å²) in [6.45, 7) is 8.36. The van der Waals surface area contributed by atoms with Crippen molar-refractivity contribution in [1.82, 2.24) is 0 Å². The van der Waals surface area contributed by atoms with Gasteiger partial charge in [0.05, 0.1) is 5.60 Å². The van der Waals surface area contributed by atoms with Gasteiger partial charge in [-0.2, -0.15) is 0 Å². The van der Waals surface area contributed by atoms with Gasteiger partial charge in [0.1, 0.15) is 8.07 Å². The molecule has 0 spiro atoms. The van der Waals surface area contributed by atoms with Crippen molar-refractivity contribution in [2.45, 2.75) is 38.6 Å². The van der Waals surface area contributed by atoms with Crippen LogP contribution in [0.25, 0.3) is 0 Å². The number of hydrogen-bond donors (Lipinski definition) is 1. The SMILES string of the molecule is C[C@](O)(CC#C[Si](C)(C)C)c1ccc(Cl)cc1. The van der Waals surface area contributed by atoms with Gasteiger partial charge in [-0.15, -0.1) is 11.5 Å². The zero-order valence-electron chi connectivity index (χ0n) is 10.8. The van der Waals surface area contributed by atoms with Crippen molar-refractivity contribution >= 4 is 19.7 Å². The molecule has 1 nitrogen and oxygen atoms in total. The molecule has 92 valence electrons. The maximum atomic E-state index is 10.3. The van der Waals surface area contributed by atoms with Gasteiger partial charge in [0.15, 0.2) is 0 Å². The fraction of sp³-hybridized carbons (Fsp3) is 0.429. The van der Waals surface area contributed by atoms with Crippen LogP contribution in [0.1, 0.15) is 18.9 Å². The summed E-state index contributed by atoms with van der Waals surface area (Å²) in [5.41, 5.74) is 3.21. The Hall–Kier alpha value is -0.753. The van der Waals surface area contributed by atoms with Gasteiger partial charge in [-0.1, -0.05) is 43.4 Å². The zero-order chi connectivity index (χ0) is 13.1. The average Bonchev–Trinajstić information content (AvgIpc) is 2.15. The average molecular weight is 267 g/mol. The molecule has 0 aliphatic rings. The Morgan fingerprint density at radius 1 is 1.24 bits per heavy atom. The van der Waals surface area contributed by atoms with E-state index in [1.807, 2.05) is 12.1 Å². The van der Waals surface area contributed by atoms with Gasteiger partial charge in [-0.3, -0.25) is 0 Å². The third-order valence-electron chi connectivity index (χ3n) is 2.36. The van der Waals surface area contributed by atoms with Crippen LogP contribution in [0.3, 0.4) is 0 Å². The van der Waals surface area contributed by atoms with Crippen molar-refractivity contribution in [2.75, 3.05) is 0 Å². The summed E-state index contributed by atoms with van der Waals surface area (Å²) in [6, 6.07) is 7.27. The highest BCUT2D eigenvalue weighted by Gasteiger charge is 2.21. The van der Waals surface area contributed by atoms with E-state index in [1.54, 1.807) is 19.1 Å². The first-order valence-corrected chi connectivity index (χ1v) is 9.57. The van der Waals surface area contributed by atoms with E-state index in [-0.39, 0.29) is 0 Å². The van der Waals surface area contributed by atoms with Crippen LogP contribution in [0.4, 0.5) is 0 Å². The third-order valence-corrected chi connectivity index (χ3v) is 3.54. The summed E-state index contributed by atoms with van der Waals surface area (Å²) >= 11 is 5.82. The van der Waals surface area contributed by atoms with E-state index in [4.69, 9.17) is 11.6 Å². The minimum atomic E-state index is -1.36. The molecule has 0 fully saturated rings. The molecule has 1 rings (SSSR count). The maximum absolute atomic E-state index is 10.3. The van der Waals surface area contributed by atoms with E-state index in [2.05, 4.69) is 31.1 Å². The quantitative estimate of drug-likeness (QED) is 0.637. The van der Waals surface area contributed by atoms with Crippen LogP contribution in [-0.4, -0.2) is 13.2 Å². The fourth-order valence-corrected chi connectivity index (χ4v) is 2.14. The van der Waals surface area contributed by atoms with E-state index in [0.717, 1.165) is 5.56 Å². The molecule has 0 amide bonds. The molecule has 0 aromatic heterocycles. The fourth-order valence-electron chi connectivity index (χ4n) is 1.39. The van der Waals surface area contributed by atoms with Gasteiger partial charge in [0.2, 0.25) is 0 Å². The molecule has 0 saturated heterocycles. The predicted molar refractivity (Wildman–Crippen MR) is 76.8 cm³/mol. The van der Waals surface area contributed by atoms with E-state index in [0.29, 0.717) is 11.4 Å². The van der Waals surface area contributed by atoms with Crippen LogP contribution in [0, 0.1) is 11.5 Å². The number of rotatable bonds is 2. The summed E-state index contributed by atoms with van der Waals surface area (Å²) in [7, 11) is -1.36. The molecule has 3 heteroatoms. The van der Waals surface area contributed by atoms with Crippen molar-refractivity contribution in [3.8, 4) is 11.5 Å². The first-order valence-electron chi connectivity index (χ1n) is 5.69. The van der Waals surface area contributed by atoms with Crippen molar-refractivity contribution < 1.29 is 5.11 Å². The molecule has 0 saturated carbocycles. The Kier molecular flexibility index (Phi) is 4.43. The first kappa shape index (κ1) is 14.3. The van der Waals surface area contributed by atoms with Crippen molar-refractivity contribution in [1.29, 1.82) is 0 Å². The molecule has 0 aliphatic heterocycles. The second-order valence-electron chi connectivity index (χ2n) is 5.51. The van der Waals surface area contributed by atoms with Gasteiger partial charge in [-0.25, -0.2) is 0 Å². The van der Waals surface area contributed by atoms with Crippen LogP contribution >= 0.6 is 11.6 Å². The second-order valence-corrected chi connectivity index (χ2v) is 10.7. The zero-order valence-corrected chi connectivity index (χ0v) is 12.6.